The number of rotatable bonds is 4. The van der Waals surface area contributed by atoms with Crippen molar-refractivity contribution in [3.63, 3.8) is 0 Å². The van der Waals surface area contributed by atoms with Gasteiger partial charge >= 0.3 is 0 Å². The lowest BCUT2D eigenvalue weighted by Crippen LogP contribution is -2.23. The van der Waals surface area contributed by atoms with Crippen LogP contribution in [0.3, 0.4) is 0 Å². The predicted octanol–water partition coefficient (Wildman–Crippen LogP) is 3.76. The van der Waals surface area contributed by atoms with Crippen molar-refractivity contribution >= 4 is 11.8 Å². The van der Waals surface area contributed by atoms with E-state index in [1.165, 1.54) is 30.4 Å². The molecular weight excluding hydrogens is 252 g/mol. The van der Waals surface area contributed by atoms with E-state index in [-0.39, 0.29) is 6.04 Å². The number of hydrogen-bond donors (Lipinski definition) is 1. The third kappa shape index (κ3) is 3.45. The van der Waals surface area contributed by atoms with Crippen molar-refractivity contribution in [2.45, 2.75) is 25.3 Å². The number of benzene rings is 1. The maximum Gasteiger partial charge on any atom is 0.130 e. The number of halogens is 2. The zero-order valence-electron chi connectivity index (χ0n) is 10.6. The highest BCUT2D eigenvalue weighted by atomic mass is 32.2. The Morgan fingerprint density at radius 3 is 2.67 bits per heavy atom. The molecule has 4 heteroatoms. The molecule has 0 spiro atoms. The van der Waals surface area contributed by atoms with Gasteiger partial charge in [0.15, 0.2) is 0 Å². The summed E-state index contributed by atoms with van der Waals surface area (Å²) >= 11 is 1.99. The maximum absolute atomic E-state index is 13.8. The molecule has 1 aliphatic heterocycles. The lowest BCUT2D eigenvalue weighted by Gasteiger charge is -2.26. The summed E-state index contributed by atoms with van der Waals surface area (Å²) in [6, 6.07) is 3.85. The van der Waals surface area contributed by atoms with E-state index in [2.05, 4.69) is 5.32 Å². The Morgan fingerprint density at radius 2 is 2.06 bits per heavy atom. The predicted molar refractivity (Wildman–Crippen MR) is 72.8 cm³/mol. The molecule has 18 heavy (non-hydrogen) atoms. The van der Waals surface area contributed by atoms with Crippen molar-refractivity contribution in [3.8, 4) is 0 Å². The monoisotopic (exact) mass is 271 g/mol. The van der Waals surface area contributed by atoms with Crippen LogP contribution >= 0.6 is 11.8 Å². The van der Waals surface area contributed by atoms with E-state index in [4.69, 9.17) is 0 Å². The van der Waals surface area contributed by atoms with Gasteiger partial charge in [-0.2, -0.15) is 11.8 Å². The van der Waals surface area contributed by atoms with Crippen LogP contribution in [-0.2, 0) is 0 Å². The summed E-state index contributed by atoms with van der Waals surface area (Å²) in [6.45, 7) is 0. The lowest BCUT2D eigenvalue weighted by atomic mass is 9.90. The van der Waals surface area contributed by atoms with Gasteiger partial charge in [0, 0.05) is 17.7 Å². The lowest BCUT2D eigenvalue weighted by molar-refractivity contribution is 0.376. The number of thioether (sulfide) groups is 1. The van der Waals surface area contributed by atoms with Gasteiger partial charge in [0.05, 0.1) is 0 Å². The first-order valence-corrected chi connectivity index (χ1v) is 7.56. The summed E-state index contributed by atoms with van der Waals surface area (Å²) < 4.78 is 26.7. The minimum absolute atomic E-state index is 0.0151. The molecule has 0 amide bonds. The van der Waals surface area contributed by atoms with Crippen LogP contribution in [0.1, 0.15) is 30.9 Å². The van der Waals surface area contributed by atoms with Crippen LogP contribution in [0.4, 0.5) is 8.78 Å². The third-order valence-corrected chi connectivity index (χ3v) is 4.65. The molecule has 1 aromatic carbocycles. The standard InChI is InChI=1S/C14H19F2NS/c1-17-14(8-10-4-6-18-7-5-10)12-3-2-11(15)9-13(12)16/h2-3,9-10,14,17H,4-8H2,1H3. The van der Waals surface area contributed by atoms with Gasteiger partial charge < -0.3 is 5.32 Å². The summed E-state index contributed by atoms with van der Waals surface area (Å²) in [4.78, 5) is 0. The minimum atomic E-state index is -0.514. The Balaban J connectivity index is 2.07. The van der Waals surface area contributed by atoms with Crippen LogP contribution in [0.25, 0.3) is 0 Å². The molecule has 1 fully saturated rings. The molecular formula is C14H19F2NS. The molecule has 0 bridgehead atoms. The van der Waals surface area contributed by atoms with Crippen molar-refractivity contribution in [1.82, 2.24) is 5.32 Å². The van der Waals surface area contributed by atoms with E-state index in [1.807, 2.05) is 18.8 Å². The first-order chi connectivity index (χ1) is 8.70. The maximum atomic E-state index is 13.8. The molecule has 1 aliphatic rings. The second-order valence-corrected chi connectivity index (χ2v) is 6.02. The molecule has 2 rings (SSSR count). The quantitative estimate of drug-likeness (QED) is 0.895. The van der Waals surface area contributed by atoms with Gasteiger partial charge in [-0.1, -0.05) is 6.07 Å². The average molecular weight is 271 g/mol. The normalized spacial score (nSPS) is 18.8. The van der Waals surface area contributed by atoms with Crippen LogP contribution < -0.4 is 5.32 Å². The van der Waals surface area contributed by atoms with Gasteiger partial charge in [-0.25, -0.2) is 8.78 Å². The zero-order valence-corrected chi connectivity index (χ0v) is 11.4. The first kappa shape index (κ1) is 13.8. The Kier molecular flexibility index (Phi) is 5.01. The van der Waals surface area contributed by atoms with E-state index in [9.17, 15) is 8.78 Å². The largest absolute Gasteiger partial charge is 0.313 e. The van der Waals surface area contributed by atoms with Gasteiger partial charge in [0.2, 0.25) is 0 Å². The highest BCUT2D eigenvalue weighted by Gasteiger charge is 2.21. The number of hydrogen-bond acceptors (Lipinski definition) is 2. The summed E-state index contributed by atoms with van der Waals surface area (Å²) in [5.41, 5.74) is 0.581. The molecule has 1 aromatic rings. The molecule has 1 N–H and O–H groups in total. The van der Waals surface area contributed by atoms with Gasteiger partial charge in [-0.3, -0.25) is 0 Å². The minimum Gasteiger partial charge on any atom is -0.313 e. The highest BCUT2D eigenvalue weighted by Crippen LogP contribution is 2.31. The molecule has 1 heterocycles. The molecule has 1 nitrogen and oxygen atoms in total. The van der Waals surface area contributed by atoms with Gasteiger partial charge in [0.25, 0.3) is 0 Å². The Bertz CT molecular complexity index is 391. The van der Waals surface area contributed by atoms with Crippen LogP contribution in [0.5, 0.6) is 0 Å². The van der Waals surface area contributed by atoms with Gasteiger partial charge in [-0.05, 0) is 49.8 Å². The first-order valence-electron chi connectivity index (χ1n) is 6.40. The number of nitrogens with one attached hydrogen (secondary N) is 1. The smallest absolute Gasteiger partial charge is 0.130 e. The van der Waals surface area contributed by atoms with Gasteiger partial charge in [-0.15, -0.1) is 0 Å². The fourth-order valence-corrected chi connectivity index (χ4v) is 3.70. The summed E-state index contributed by atoms with van der Waals surface area (Å²) in [7, 11) is 1.84. The van der Waals surface area contributed by atoms with E-state index in [0.717, 1.165) is 12.5 Å². The summed E-state index contributed by atoms with van der Waals surface area (Å²) in [6.07, 6.45) is 3.33. The second-order valence-electron chi connectivity index (χ2n) is 4.80. The topological polar surface area (TPSA) is 12.0 Å². The van der Waals surface area contributed by atoms with Crippen molar-refractivity contribution in [1.29, 1.82) is 0 Å². The zero-order chi connectivity index (χ0) is 13.0. The van der Waals surface area contributed by atoms with Crippen molar-refractivity contribution in [3.05, 3.63) is 35.4 Å². The van der Waals surface area contributed by atoms with Gasteiger partial charge in [0.1, 0.15) is 11.6 Å². The molecule has 1 atom stereocenters. The van der Waals surface area contributed by atoms with Crippen molar-refractivity contribution in [2.75, 3.05) is 18.6 Å². The fourth-order valence-electron chi connectivity index (χ4n) is 2.50. The third-order valence-electron chi connectivity index (χ3n) is 3.60. The van der Waals surface area contributed by atoms with Crippen molar-refractivity contribution < 1.29 is 8.78 Å². The molecule has 0 saturated carbocycles. The van der Waals surface area contributed by atoms with Crippen LogP contribution in [-0.4, -0.2) is 18.6 Å². The summed E-state index contributed by atoms with van der Waals surface area (Å²) in [5, 5.41) is 3.16. The molecule has 1 unspecified atom stereocenters. The molecule has 1 saturated heterocycles. The van der Waals surface area contributed by atoms with E-state index in [1.54, 1.807) is 6.07 Å². The Morgan fingerprint density at radius 1 is 1.33 bits per heavy atom. The Labute approximate surface area is 111 Å². The molecule has 0 radical (unpaired) electrons. The van der Waals surface area contributed by atoms with E-state index >= 15 is 0 Å². The second kappa shape index (κ2) is 6.53. The van der Waals surface area contributed by atoms with Crippen molar-refractivity contribution in [2.24, 2.45) is 5.92 Å². The van der Waals surface area contributed by atoms with Crippen LogP contribution in [0.2, 0.25) is 0 Å². The van der Waals surface area contributed by atoms with Crippen LogP contribution in [0.15, 0.2) is 18.2 Å². The average Bonchev–Trinajstić information content (AvgIpc) is 2.38. The molecule has 100 valence electrons. The van der Waals surface area contributed by atoms with Crippen LogP contribution in [0, 0.1) is 17.6 Å². The highest BCUT2D eigenvalue weighted by molar-refractivity contribution is 7.99. The Hall–Kier alpha value is -0.610. The summed E-state index contributed by atoms with van der Waals surface area (Å²) in [5.74, 6) is 2.09. The molecule has 0 aromatic heterocycles. The molecule has 0 aliphatic carbocycles. The SMILES string of the molecule is CNC(CC1CCSCC1)c1ccc(F)cc1F. The van der Waals surface area contributed by atoms with E-state index < -0.39 is 11.6 Å². The fraction of sp³-hybridized carbons (Fsp3) is 0.571. The van der Waals surface area contributed by atoms with E-state index in [0.29, 0.717) is 11.5 Å².